The molecule has 9 heteroatoms. The molecule has 1 aromatic heterocycles. The zero-order valence-electron chi connectivity index (χ0n) is 16.0. The Morgan fingerprint density at radius 2 is 2.21 bits per heavy atom. The molecular weight excluding hydrogens is 375 g/mol. The number of nitrogens with one attached hydrogen (secondary N) is 2. The van der Waals surface area contributed by atoms with E-state index in [2.05, 4.69) is 26.7 Å². The van der Waals surface area contributed by atoms with E-state index < -0.39 is 6.17 Å². The van der Waals surface area contributed by atoms with Crippen LogP contribution in [0, 0.1) is 11.3 Å². The molecular formula is C20H21FN6O2. The summed E-state index contributed by atoms with van der Waals surface area (Å²) in [6.07, 6.45) is 2.98. The van der Waals surface area contributed by atoms with Gasteiger partial charge in [0.1, 0.15) is 29.4 Å². The molecule has 1 atom stereocenters. The second-order valence-corrected chi connectivity index (χ2v) is 7.16. The largest absolute Gasteiger partial charge is 0.495 e. The topological polar surface area (TPSA) is 103 Å². The standard InChI is InChI=1S/C20H21FN6O2/c1-29-17-8-12(19(28)27-7-6-14(21)11-27)2-5-16(17)25-20-23-10-13(9-22)18(26-20)24-15-3-4-15/h2,5,8,10,14-15H,3-4,6-7,11H2,1H3,(H2,23,24,25,26). The van der Waals surface area contributed by atoms with Gasteiger partial charge in [0.15, 0.2) is 0 Å². The Balaban J connectivity index is 1.54. The smallest absolute Gasteiger partial charge is 0.254 e. The van der Waals surface area contributed by atoms with Crippen LogP contribution in [0.3, 0.4) is 0 Å². The molecule has 0 bridgehead atoms. The molecule has 4 rings (SSSR count). The number of carbonyl (C=O) groups is 1. The van der Waals surface area contributed by atoms with Crippen molar-refractivity contribution in [2.45, 2.75) is 31.5 Å². The van der Waals surface area contributed by atoms with Gasteiger partial charge in [-0.3, -0.25) is 4.79 Å². The number of alkyl halides is 1. The number of anilines is 3. The van der Waals surface area contributed by atoms with E-state index >= 15 is 0 Å². The number of carbonyl (C=O) groups excluding carboxylic acids is 1. The number of nitrogens with zero attached hydrogens (tertiary/aromatic N) is 4. The van der Waals surface area contributed by atoms with E-state index in [1.54, 1.807) is 18.2 Å². The number of methoxy groups -OCH3 is 1. The maximum Gasteiger partial charge on any atom is 0.254 e. The summed E-state index contributed by atoms with van der Waals surface area (Å²) in [4.78, 5) is 22.7. The number of ether oxygens (including phenoxy) is 1. The van der Waals surface area contributed by atoms with Gasteiger partial charge >= 0.3 is 0 Å². The maximum absolute atomic E-state index is 13.4. The van der Waals surface area contributed by atoms with E-state index in [0.29, 0.717) is 53.3 Å². The summed E-state index contributed by atoms with van der Waals surface area (Å²) >= 11 is 0. The number of amides is 1. The normalized spacial score (nSPS) is 18.2. The molecule has 1 saturated heterocycles. The lowest BCUT2D eigenvalue weighted by molar-refractivity contribution is 0.0782. The van der Waals surface area contributed by atoms with Crippen molar-refractivity contribution in [3.05, 3.63) is 35.5 Å². The Labute approximate surface area is 167 Å². The van der Waals surface area contributed by atoms with Gasteiger partial charge in [-0.25, -0.2) is 9.37 Å². The molecule has 1 unspecified atom stereocenters. The summed E-state index contributed by atoms with van der Waals surface area (Å²) in [7, 11) is 1.50. The molecule has 1 saturated carbocycles. The van der Waals surface area contributed by atoms with E-state index in [1.807, 2.05) is 0 Å². The van der Waals surface area contributed by atoms with Crippen molar-refractivity contribution in [3.63, 3.8) is 0 Å². The van der Waals surface area contributed by atoms with Gasteiger partial charge in [0.2, 0.25) is 5.95 Å². The highest BCUT2D eigenvalue weighted by atomic mass is 19.1. The third kappa shape index (κ3) is 4.21. The van der Waals surface area contributed by atoms with Crippen LogP contribution in [0.2, 0.25) is 0 Å². The number of nitriles is 1. The first-order chi connectivity index (χ1) is 14.1. The number of benzene rings is 1. The van der Waals surface area contributed by atoms with Crippen LogP contribution in [0.25, 0.3) is 0 Å². The predicted octanol–water partition coefficient (Wildman–Crippen LogP) is 2.86. The van der Waals surface area contributed by atoms with E-state index in [0.717, 1.165) is 12.8 Å². The maximum atomic E-state index is 13.4. The Hall–Kier alpha value is -3.41. The first-order valence-corrected chi connectivity index (χ1v) is 9.49. The summed E-state index contributed by atoms with van der Waals surface area (Å²) in [5.41, 5.74) is 1.39. The molecule has 2 aliphatic rings. The molecule has 2 aromatic rings. The van der Waals surface area contributed by atoms with Gasteiger partial charge in [0.05, 0.1) is 25.5 Å². The third-order valence-electron chi connectivity index (χ3n) is 4.94. The molecule has 2 N–H and O–H groups in total. The lowest BCUT2D eigenvalue weighted by atomic mass is 10.1. The Morgan fingerprint density at radius 1 is 1.38 bits per heavy atom. The van der Waals surface area contributed by atoms with Crippen LogP contribution < -0.4 is 15.4 Å². The van der Waals surface area contributed by atoms with E-state index in [1.165, 1.54) is 18.2 Å². The minimum Gasteiger partial charge on any atom is -0.495 e. The van der Waals surface area contributed by atoms with E-state index in [-0.39, 0.29) is 12.5 Å². The van der Waals surface area contributed by atoms with Gasteiger partial charge in [0, 0.05) is 18.2 Å². The van der Waals surface area contributed by atoms with Crippen molar-refractivity contribution in [3.8, 4) is 11.8 Å². The van der Waals surface area contributed by atoms with E-state index in [9.17, 15) is 14.4 Å². The minimum absolute atomic E-state index is 0.122. The van der Waals surface area contributed by atoms with Crippen LogP contribution in [-0.4, -0.2) is 53.2 Å². The number of hydrogen-bond acceptors (Lipinski definition) is 7. The minimum atomic E-state index is -0.964. The van der Waals surface area contributed by atoms with Crippen LogP contribution in [-0.2, 0) is 0 Å². The number of rotatable bonds is 6. The average Bonchev–Trinajstić information content (AvgIpc) is 3.45. The molecule has 29 heavy (non-hydrogen) atoms. The molecule has 2 fully saturated rings. The van der Waals surface area contributed by atoms with Crippen LogP contribution in [0.4, 0.5) is 21.8 Å². The summed E-state index contributed by atoms with van der Waals surface area (Å²) in [6.45, 7) is 0.537. The van der Waals surface area contributed by atoms with Crippen LogP contribution in [0.1, 0.15) is 35.2 Å². The molecule has 1 amide bonds. The highest BCUT2D eigenvalue weighted by Crippen LogP contribution is 2.30. The first kappa shape index (κ1) is 18.9. The molecule has 1 aliphatic heterocycles. The summed E-state index contributed by atoms with van der Waals surface area (Å²) < 4.78 is 18.8. The van der Waals surface area contributed by atoms with Gasteiger partial charge in [-0.05, 0) is 37.5 Å². The van der Waals surface area contributed by atoms with Crippen molar-refractivity contribution >= 4 is 23.4 Å². The first-order valence-electron chi connectivity index (χ1n) is 9.49. The molecule has 150 valence electrons. The van der Waals surface area contributed by atoms with Gasteiger partial charge in [0.25, 0.3) is 5.91 Å². The number of likely N-dealkylation sites (tertiary alicyclic amines) is 1. The Kier molecular flexibility index (Phi) is 5.16. The van der Waals surface area contributed by atoms with Crippen molar-refractivity contribution in [2.24, 2.45) is 0 Å². The fourth-order valence-corrected chi connectivity index (χ4v) is 3.19. The summed E-state index contributed by atoms with van der Waals surface area (Å²) in [5.74, 6) is 1.02. The third-order valence-corrected chi connectivity index (χ3v) is 4.94. The van der Waals surface area contributed by atoms with Gasteiger partial charge in [-0.2, -0.15) is 10.2 Å². The van der Waals surface area contributed by atoms with Crippen molar-refractivity contribution in [2.75, 3.05) is 30.8 Å². The van der Waals surface area contributed by atoms with Crippen LogP contribution in [0.15, 0.2) is 24.4 Å². The number of hydrogen-bond donors (Lipinski definition) is 2. The van der Waals surface area contributed by atoms with E-state index in [4.69, 9.17) is 4.74 Å². The molecule has 1 aromatic carbocycles. The van der Waals surface area contributed by atoms with Crippen LogP contribution in [0.5, 0.6) is 5.75 Å². The zero-order valence-corrected chi connectivity index (χ0v) is 16.0. The van der Waals surface area contributed by atoms with Gasteiger partial charge in [-0.1, -0.05) is 0 Å². The Bertz CT molecular complexity index is 972. The molecule has 0 spiro atoms. The fraction of sp³-hybridized carbons (Fsp3) is 0.400. The van der Waals surface area contributed by atoms with Crippen molar-refractivity contribution in [1.82, 2.24) is 14.9 Å². The lowest BCUT2D eigenvalue weighted by Gasteiger charge is -2.17. The lowest BCUT2D eigenvalue weighted by Crippen LogP contribution is -2.28. The summed E-state index contributed by atoms with van der Waals surface area (Å²) in [6, 6.07) is 7.40. The quantitative estimate of drug-likeness (QED) is 0.774. The summed E-state index contributed by atoms with van der Waals surface area (Å²) in [5, 5.41) is 15.5. The fourth-order valence-electron chi connectivity index (χ4n) is 3.19. The molecule has 0 radical (unpaired) electrons. The number of halogens is 1. The van der Waals surface area contributed by atoms with Crippen molar-refractivity contribution < 1.29 is 13.9 Å². The monoisotopic (exact) mass is 396 g/mol. The molecule has 8 nitrogen and oxygen atoms in total. The second kappa shape index (κ2) is 7.91. The second-order valence-electron chi connectivity index (χ2n) is 7.16. The molecule has 1 aliphatic carbocycles. The average molecular weight is 396 g/mol. The van der Waals surface area contributed by atoms with Crippen molar-refractivity contribution in [1.29, 1.82) is 5.26 Å². The Morgan fingerprint density at radius 3 is 2.86 bits per heavy atom. The predicted molar refractivity (Wildman–Crippen MR) is 105 cm³/mol. The van der Waals surface area contributed by atoms with Gasteiger partial charge in [-0.15, -0.1) is 0 Å². The highest BCUT2D eigenvalue weighted by molar-refractivity contribution is 5.95. The zero-order chi connectivity index (χ0) is 20.4. The molecule has 2 heterocycles. The van der Waals surface area contributed by atoms with Gasteiger partial charge < -0.3 is 20.3 Å². The van der Waals surface area contributed by atoms with Crippen LogP contribution >= 0.6 is 0 Å². The SMILES string of the molecule is COc1cc(C(=O)N2CCC(F)C2)ccc1Nc1ncc(C#N)c(NC2CC2)n1. The number of aromatic nitrogens is 2. The highest BCUT2D eigenvalue weighted by Gasteiger charge is 2.27.